The number of hydrogen-bond donors (Lipinski definition) is 1. The van der Waals surface area contributed by atoms with E-state index in [1.165, 1.54) is 11.3 Å². The van der Waals surface area contributed by atoms with Crippen molar-refractivity contribution in [3.8, 4) is 0 Å². The first-order valence-electron chi connectivity index (χ1n) is 8.02. The van der Waals surface area contributed by atoms with E-state index in [2.05, 4.69) is 20.3 Å². The van der Waals surface area contributed by atoms with Crippen LogP contribution in [-0.4, -0.2) is 45.6 Å². The van der Waals surface area contributed by atoms with Crippen LogP contribution >= 0.6 is 11.3 Å². The van der Waals surface area contributed by atoms with Crippen molar-refractivity contribution in [3.63, 3.8) is 0 Å². The van der Waals surface area contributed by atoms with E-state index in [4.69, 9.17) is 4.74 Å². The zero-order valence-corrected chi connectivity index (χ0v) is 14.5. The molecule has 128 valence electrons. The number of carbonyl (C=O) groups excluding carboxylic acids is 1. The van der Waals surface area contributed by atoms with Crippen LogP contribution in [0, 0.1) is 0 Å². The molecule has 4 heterocycles. The van der Waals surface area contributed by atoms with Gasteiger partial charge in [0.2, 0.25) is 5.95 Å². The molecule has 0 radical (unpaired) electrons. The van der Waals surface area contributed by atoms with Gasteiger partial charge in [-0.15, -0.1) is 11.3 Å². The number of ether oxygens (including phenoxy) is 1. The third kappa shape index (κ3) is 3.18. The third-order valence-corrected chi connectivity index (χ3v) is 4.93. The summed E-state index contributed by atoms with van der Waals surface area (Å²) in [6.07, 6.45) is 1.75. The number of hydrogen-bond acceptors (Lipinski definition) is 7. The zero-order chi connectivity index (χ0) is 17.2. The summed E-state index contributed by atoms with van der Waals surface area (Å²) in [6.45, 7) is 3.44. The van der Waals surface area contributed by atoms with Gasteiger partial charge in [-0.3, -0.25) is 9.78 Å². The number of aromatic nitrogens is 3. The van der Waals surface area contributed by atoms with E-state index < -0.39 is 0 Å². The highest BCUT2D eigenvalue weighted by Crippen LogP contribution is 2.26. The molecule has 1 aliphatic heterocycles. The van der Waals surface area contributed by atoms with Gasteiger partial charge in [-0.2, -0.15) is 0 Å². The Morgan fingerprint density at radius 2 is 2.28 bits per heavy atom. The summed E-state index contributed by atoms with van der Waals surface area (Å²) < 4.78 is 6.09. The summed E-state index contributed by atoms with van der Waals surface area (Å²) >= 11 is 1.47. The zero-order valence-electron chi connectivity index (χ0n) is 13.7. The minimum absolute atomic E-state index is 0.0737. The van der Waals surface area contributed by atoms with Crippen LogP contribution in [0.15, 0.2) is 35.8 Å². The Balaban J connectivity index is 1.67. The van der Waals surface area contributed by atoms with Gasteiger partial charge in [-0.1, -0.05) is 6.07 Å². The Morgan fingerprint density at radius 1 is 1.36 bits per heavy atom. The van der Waals surface area contributed by atoms with Gasteiger partial charge in [0.1, 0.15) is 6.73 Å². The third-order valence-electron chi connectivity index (χ3n) is 4.02. The molecule has 0 unspecified atom stereocenters. The monoisotopic (exact) mass is 355 g/mol. The van der Waals surface area contributed by atoms with Gasteiger partial charge in [0.05, 0.1) is 28.6 Å². The second kappa shape index (κ2) is 6.73. The Morgan fingerprint density at radius 3 is 3.04 bits per heavy atom. The van der Waals surface area contributed by atoms with Crippen LogP contribution in [0.25, 0.3) is 10.2 Å². The molecule has 0 aromatic carbocycles. The van der Waals surface area contributed by atoms with Crippen LogP contribution in [0.1, 0.15) is 29.1 Å². The van der Waals surface area contributed by atoms with Gasteiger partial charge in [-0.05, 0) is 30.5 Å². The second-order valence-electron chi connectivity index (χ2n) is 5.76. The summed E-state index contributed by atoms with van der Waals surface area (Å²) in [5, 5.41) is 5.16. The number of fused-ring (bicyclic) bond motifs is 1. The van der Waals surface area contributed by atoms with Gasteiger partial charge in [0.15, 0.2) is 5.69 Å². The highest BCUT2D eigenvalue weighted by atomic mass is 32.1. The molecule has 0 spiro atoms. The van der Waals surface area contributed by atoms with E-state index in [9.17, 15) is 4.79 Å². The summed E-state index contributed by atoms with van der Waals surface area (Å²) in [4.78, 5) is 27.8. The molecule has 3 aromatic heterocycles. The summed E-state index contributed by atoms with van der Waals surface area (Å²) in [5.41, 5.74) is 2.07. The maximum absolute atomic E-state index is 12.8. The highest BCUT2D eigenvalue weighted by molar-refractivity contribution is 7.17. The molecular weight excluding hydrogens is 338 g/mol. The number of rotatable bonds is 4. The largest absolute Gasteiger partial charge is 0.359 e. The van der Waals surface area contributed by atoms with Crippen LogP contribution in [0.3, 0.4) is 0 Å². The topological polar surface area (TPSA) is 80.2 Å². The van der Waals surface area contributed by atoms with Gasteiger partial charge in [0, 0.05) is 12.7 Å². The van der Waals surface area contributed by atoms with E-state index in [0.717, 1.165) is 15.9 Å². The average Bonchev–Trinajstić information content (AvgIpc) is 3.33. The Hall–Kier alpha value is -2.58. The number of carbonyl (C=O) groups is 1. The molecule has 25 heavy (non-hydrogen) atoms. The Labute approximate surface area is 148 Å². The van der Waals surface area contributed by atoms with E-state index in [0.29, 0.717) is 31.5 Å². The molecule has 1 aliphatic rings. The molecule has 1 N–H and O–H groups in total. The van der Waals surface area contributed by atoms with Crippen molar-refractivity contribution in [3.05, 3.63) is 47.2 Å². The van der Waals surface area contributed by atoms with Crippen molar-refractivity contribution in [1.29, 1.82) is 0 Å². The van der Waals surface area contributed by atoms with Gasteiger partial charge in [0.25, 0.3) is 5.91 Å². The van der Waals surface area contributed by atoms with Crippen LogP contribution in [0.2, 0.25) is 0 Å². The average molecular weight is 355 g/mol. The standard InChI is InChI=1S/C17H17N5O2S/c1-11(12-4-2-3-6-18-12)19-17-20-13-5-9-25-15(13)14(21-17)16(23)22-7-8-24-10-22/h2-6,9,11H,7-8,10H2,1H3,(H,19,20,21)/t11-/m0/s1. The van der Waals surface area contributed by atoms with E-state index in [1.807, 2.05) is 36.6 Å². The predicted octanol–water partition coefficient (Wildman–Crippen LogP) is 2.69. The molecule has 3 aromatic rings. The van der Waals surface area contributed by atoms with Crippen molar-refractivity contribution in [1.82, 2.24) is 19.9 Å². The molecule has 0 bridgehead atoms. The number of amides is 1. The van der Waals surface area contributed by atoms with Crippen molar-refractivity contribution in [2.45, 2.75) is 13.0 Å². The molecular formula is C17H17N5O2S. The first-order valence-corrected chi connectivity index (χ1v) is 8.90. The lowest BCUT2D eigenvalue weighted by Crippen LogP contribution is -2.29. The fourth-order valence-electron chi connectivity index (χ4n) is 2.70. The number of nitrogens with zero attached hydrogens (tertiary/aromatic N) is 4. The lowest BCUT2D eigenvalue weighted by atomic mass is 10.2. The first kappa shape index (κ1) is 15.9. The minimum Gasteiger partial charge on any atom is -0.359 e. The number of nitrogens with one attached hydrogen (secondary N) is 1. The summed E-state index contributed by atoms with van der Waals surface area (Å²) in [5.74, 6) is 0.299. The summed E-state index contributed by atoms with van der Waals surface area (Å²) in [7, 11) is 0. The molecule has 8 heteroatoms. The fraction of sp³-hybridized carbons (Fsp3) is 0.294. The smallest absolute Gasteiger partial charge is 0.276 e. The molecule has 1 saturated heterocycles. The van der Waals surface area contributed by atoms with Crippen molar-refractivity contribution in [2.24, 2.45) is 0 Å². The van der Waals surface area contributed by atoms with Gasteiger partial charge >= 0.3 is 0 Å². The Kier molecular flexibility index (Phi) is 4.29. The van der Waals surface area contributed by atoms with E-state index in [-0.39, 0.29) is 11.9 Å². The SMILES string of the molecule is C[C@H](Nc1nc(C(=O)N2CCOC2)c2sccc2n1)c1ccccn1. The molecule has 1 fully saturated rings. The Bertz CT molecular complexity index is 892. The van der Waals surface area contributed by atoms with Crippen LogP contribution < -0.4 is 5.32 Å². The highest BCUT2D eigenvalue weighted by Gasteiger charge is 2.25. The van der Waals surface area contributed by atoms with E-state index >= 15 is 0 Å². The molecule has 1 atom stereocenters. The minimum atomic E-state index is -0.124. The van der Waals surface area contributed by atoms with Gasteiger partial charge in [-0.25, -0.2) is 9.97 Å². The van der Waals surface area contributed by atoms with Crippen LogP contribution in [0.4, 0.5) is 5.95 Å². The van der Waals surface area contributed by atoms with Crippen LogP contribution in [0.5, 0.6) is 0 Å². The van der Waals surface area contributed by atoms with Gasteiger partial charge < -0.3 is 15.0 Å². The number of anilines is 1. The van der Waals surface area contributed by atoms with Crippen molar-refractivity contribution >= 4 is 33.4 Å². The second-order valence-corrected chi connectivity index (χ2v) is 6.67. The number of pyridine rings is 1. The maximum atomic E-state index is 12.8. The quantitative estimate of drug-likeness (QED) is 0.775. The van der Waals surface area contributed by atoms with Crippen LogP contribution in [-0.2, 0) is 4.74 Å². The first-order chi connectivity index (χ1) is 12.2. The maximum Gasteiger partial charge on any atom is 0.276 e. The molecule has 0 aliphatic carbocycles. The molecule has 4 rings (SSSR count). The molecule has 0 saturated carbocycles. The molecule has 1 amide bonds. The van der Waals surface area contributed by atoms with E-state index in [1.54, 1.807) is 11.1 Å². The number of thiophene rings is 1. The fourth-order valence-corrected chi connectivity index (χ4v) is 3.51. The normalized spacial score (nSPS) is 15.5. The lowest BCUT2D eigenvalue weighted by Gasteiger charge is -2.16. The lowest BCUT2D eigenvalue weighted by molar-refractivity contribution is 0.0691. The molecule has 7 nitrogen and oxygen atoms in total. The summed E-state index contributed by atoms with van der Waals surface area (Å²) in [6, 6.07) is 7.57. The van der Waals surface area contributed by atoms with Crippen molar-refractivity contribution < 1.29 is 9.53 Å². The predicted molar refractivity (Wildman–Crippen MR) is 95.5 cm³/mol. The van der Waals surface area contributed by atoms with Crippen molar-refractivity contribution in [2.75, 3.05) is 25.2 Å².